The molecule has 3 rings (SSSR count). The summed E-state index contributed by atoms with van der Waals surface area (Å²) in [5.74, 6) is 0.128. The molecule has 0 spiro atoms. The van der Waals surface area contributed by atoms with Gasteiger partial charge in [-0.3, -0.25) is 4.79 Å². The van der Waals surface area contributed by atoms with Crippen LogP contribution >= 0.6 is 0 Å². The SMILES string of the molecule is Cc1ccc(C(=O)Cc2ccccc2-n2cccn2)cc1C. The molecule has 22 heavy (non-hydrogen) atoms. The number of hydrogen-bond donors (Lipinski definition) is 0. The van der Waals surface area contributed by atoms with Crippen LogP contribution in [-0.4, -0.2) is 15.6 Å². The van der Waals surface area contributed by atoms with Gasteiger partial charge in [-0.05, 0) is 48.7 Å². The first-order chi connectivity index (χ1) is 10.6. The van der Waals surface area contributed by atoms with Gasteiger partial charge in [-0.1, -0.05) is 30.3 Å². The number of rotatable bonds is 4. The molecule has 0 atom stereocenters. The second-order valence-electron chi connectivity index (χ2n) is 5.48. The van der Waals surface area contributed by atoms with Gasteiger partial charge in [-0.25, -0.2) is 4.68 Å². The first kappa shape index (κ1) is 14.3. The van der Waals surface area contributed by atoms with Gasteiger partial charge in [0, 0.05) is 24.4 Å². The Labute approximate surface area is 130 Å². The minimum atomic E-state index is 0.128. The van der Waals surface area contributed by atoms with Crippen molar-refractivity contribution in [2.45, 2.75) is 20.3 Å². The topological polar surface area (TPSA) is 34.9 Å². The van der Waals surface area contributed by atoms with E-state index in [1.165, 1.54) is 5.56 Å². The Kier molecular flexibility index (Phi) is 3.88. The van der Waals surface area contributed by atoms with Gasteiger partial charge in [0.25, 0.3) is 0 Å². The average Bonchev–Trinajstić information content (AvgIpc) is 3.04. The molecule has 0 fully saturated rings. The standard InChI is InChI=1S/C19H18N2O/c1-14-8-9-17(12-15(14)2)19(22)13-16-6-3-4-7-18(16)21-11-5-10-20-21/h3-12H,13H2,1-2H3. The molecule has 2 aromatic carbocycles. The van der Waals surface area contributed by atoms with Crippen LogP contribution in [0.5, 0.6) is 0 Å². The normalized spacial score (nSPS) is 10.6. The van der Waals surface area contributed by atoms with Gasteiger partial charge < -0.3 is 0 Å². The number of hydrogen-bond acceptors (Lipinski definition) is 2. The van der Waals surface area contributed by atoms with Crippen molar-refractivity contribution in [1.29, 1.82) is 0 Å². The maximum absolute atomic E-state index is 12.6. The molecule has 0 radical (unpaired) electrons. The van der Waals surface area contributed by atoms with Crippen molar-refractivity contribution in [3.8, 4) is 5.69 Å². The van der Waals surface area contributed by atoms with Crippen molar-refractivity contribution in [3.05, 3.63) is 83.2 Å². The summed E-state index contributed by atoms with van der Waals surface area (Å²) in [6.45, 7) is 4.08. The van der Waals surface area contributed by atoms with E-state index in [2.05, 4.69) is 12.0 Å². The van der Waals surface area contributed by atoms with Crippen LogP contribution in [0, 0.1) is 13.8 Å². The number of ketones is 1. The van der Waals surface area contributed by atoms with Gasteiger partial charge >= 0.3 is 0 Å². The van der Waals surface area contributed by atoms with Crippen molar-refractivity contribution < 1.29 is 4.79 Å². The van der Waals surface area contributed by atoms with Crippen molar-refractivity contribution in [3.63, 3.8) is 0 Å². The van der Waals surface area contributed by atoms with E-state index < -0.39 is 0 Å². The Morgan fingerprint density at radius 1 is 1.05 bits per heavy atom. The summed E-state index contributed by atoms with van der Waals surface area (Å²) in [6, 6.07) is 15.6. The first-order valence-electron chi connectivity index (χ1n) is 7.33. The second-order valence-corrected chi connectivity index (χ2v) is 5.48. The van der Waals surface area contributed by atoms with Crippen LogP contribution in [0.1, 0.15) is 27.0 Å². The summed E-state index contributed by atoms with van der Waals surface area (Å²) >= 11 is 0. The predicted molar refractivity (Wildman–Crippen MR) is 87.5 cm³/mol. The van der Waals surface area contributed by atoms with Crippen LogP contribution < -0.4 is 0 Å². The molecular weight excluding hydrogens is 272 g/mol. The van der Waals surface area contributed by atoms with Crippen molar-refractivity contribution in [2.24, 2.45) is 0 Å². The summed E-state index contributed by atoms with van der Waals surface area (Å²) in [5, 5.41) is 4.26. The Morgan fingerprint density at radius 3 is 2.59 bits per heavy atom. The third kappa shape index (κ3) is 2.84. The maximum Gasteiger partial charge on any atom is 0.167 e. The highest BCUT2D eigenvalue weighted by Crippen LogP contribution is 2.17. The van der Waals surface area contributed by atoms with E-state index in [-0.39, 0.29) is 5.78 Å². The highest BCUT2D eigenvalue weighted by Gasteiger charge is 2.12. The number of aryl methyl sites for hydroxylation is 2. The van der Waals surface area contributed by atoms with Gasteiger partial charge in [0.2, 0.25) is 0 Å². The zero-order chi connectivity index (χ0) is 15.5. The number of carbonyl (C=O) groups is 1. The number of para-hydroxylation sites is 1. The molecule has 1 aromatic heterocycles. The molecule has 3 aromatic rings. The van der Waals surface area contributed by atoms with E-state index in [9.17, 15) is 4.79 Å². The van der Waals surface area contributed by atoms with Crippen LogP contribution in [0.2, 0.25) is 0 Å². The van der Waals surface area contributed by atoms with E-state index in [4.69, 9.17) is 0 Å². The number of carbonyl (C=O) groups excluding carboxylic acids is 1. The fourth-order valence-electron chi connectivity index (χ4n) is 2.49. The highest BCUT2D eigenvalue weighted by molar-refractivity contribution is 5.98. The van der Waals surface area contributed by atoms with Crippen LogP contribution in [0.4, 0.5) is 0 Å². The summed E-state index contributed by atoms with van der Waals surface area (Å²) in [5.41, 5.74) is 5.04. The summed E-state index contributed by atoms with van der Waals surface area (Å²) < 4.78 is 1.79. The third-order valence-corrected chi connectivity index (χ3v) is 3.92. The van der Waals surface area contributed by atoms with E-state index in [0.717, 1.165) is 22.4 Å². The third-order valence-electron chi connectivity index (χ3n) is 3.92. The molecule has 110 valence electrons. The number of benzene rings is 2. The van der Waals surface area contributed by atoms with E-state index in [1.807, 2.05) is 61.7 Å². The van der Waals surface area contributed by atoms with Crippen molar-refractivity contribution >= 4 is 5.78 Å². The lowest BCUT2D eigenvalue weighted by molar-refractivity contribution is 0.0993. The molecule has 0 N–H and O–H groups in total. The predicted octanol–water partition coefficient (Wildman–Crippen LogP) is 3.91. The number of aromatic nitrogens is 2. The zero-order valence-electron chi connectivity index (χ0n) is 12.8. The number of nitrogens with zero attached hydrogens (tertiary/aromatic N) is 2. The van der Waals surface area contributed by atoms with Gasteiger partial charge in [-0.2, -0.15) is 5.10 Å². The van der Waals surface area contributed by atoms with Crippen LogP contribution in [-0.2, 0) is 6.42 Å². The van der Waals surface area contributed by atoms with Crippen LogP contribution in [0.3, 0.4) is 0 Å². The van der Waals surface area contributed by atoms with Crippen molar-refractivity contribution in [1.82, 2.24) is 9.78 Å². The molecule has 0 saturated heterocycles. The lowest BCUT2D eigenvalue weighted by Crippen LogP contribution is -2.08. The lowest BCUT2D eigenvalue weighted by Gasteiger charge is -2.10. The van der Waals surface area contributed by atoms with Crippen molar-refractivity contribution in [2.75, 3.05) is 0 Å². The molecule has 0 saturated carbocycles. The Morgan fingerprint density at radius 2 is 1.86 bits per heavy atom. The Balaban J connectivity index is 1.90. The Bertz CT molecular complexity index is 804. The quantitative estimate of drug-likeness (QED) is 0.683. The summed E-state index contributed by atoms with van der Waals surface area (Å²) in [7, 11) is 0. The van der Waals surface area contributed by atoms with Gasteiger partial charge in [0.1, 0.15) is 0 Å². The zero-order valence-corrected chi connectivity index (χ0v) is 12.8. The monoisotopic (exact) mass is 290 g/mol. The minimum absolute atomic E-state index is 0.128. The fraction of sp³-hybridized carbons (Fsp3) is 0.158. The maximum atomic E-state index is 12.6. The van der Waals surface area contributed by atoms with Gasteiger partial charge in [0.05, 0.1) is 5.69 Å². The van der Waals surface area contributed by atoms with Crippen LogP contribution in [0.15, 0.2) is 60.9 Å². The molecule has 0 aliphatic carbocycles. The molecule has 3 heteroatoms. The molecule has 3 nitrogen and oxygen atoms in total. The minimum Gasteiger partial charge on any atom is -0.294 e. The number of Topliss-reactive ketones (excluding diaryl/α,β-unsaturated/α-hetero) is 1. The van der Waals surface area contributed by atoms with E-state index in [1.54, 1.807) is 10.9 Å². The van der Waals surface area contributed by atoms with E-state index >= 15 is 0 Å². The van der Waals surface area contributed by atoms with E-state index in [0.29, 0.717) is 6.42 Å². The molecule has 0 amide bonds. The summed E-state index contributed by atoms with van der Waals surface area (Å²) in [4.78, 5) is 12.6. The molecule has 0 aliphatic rings. The Hall–Kier alpha value is -2.68. The van der Waals surface area contributed by atoms with Gasteiger partial charge in [0.15, 0.2) is 5.78 Å². The molecule has 0 bridgehead atoms. The highest BCUT2D eigenvalue weighted by atomic mass is 16.1. The molecule has 1 heterocycles. The van der Waals surface area contributed by atoms with Crippen LogP contribution in [0.25, 0.3) is 5.69 Å². The largest absolute Gasteiger partial charge is 0.294 e. The first-order valence-corrected chi connectivity index (χ1v) is 7.33. The average molecular weight is 290 g/mol. The second kappa shape index (κ2) is 5.98. The molecule has 0 unspecified atom stereocenters. The fourth-order valence-corrected chi connectivity index (χ4v) is 2.49. The lowest BCUT2D eigenvalue weighted by atomic mass is 9.98. The van der Waals surface area contributed by atoms with Gasteiger partial charge in [-0.15, -0.1) is 0 Å². The summed E-state index contributed by atoms with van der Waals surface area (Å²) in [6.07, 6.45) is 4.00. The molecule has 0 aliphatic heterocycles. The smallest absolute Gasteiger partial charge is 0.167 e. The molecular formula is C19H18N2O.